The van der Waals surface area contributed by atoms with Crippen molar-refractivity contribution < 1.29 is 4.79 Å². The summed E-state index contributed by atoms with van der Waals surface area (Å²) in [4.78, 5) is 25.5. The SMILES string of the molecule is Cc1ccc(C)c(NC(=O)c2cc3c(=O)n(CC(C)C)ccc3n2C)c1. The molecule has 1 N–H and O–H groups in total. The molecule has 1 amide bonds. The van der Waals surface area contributed by atoms with Gasteiger partial charge in [-0.1, -0.05) is 26.0 Å². The highest BCUT2D eigenvalue weighted by molar-refractivity contribution is 6.06. The Morgan fingerprint density at radius 3 is 2.58 bits per heavy atom. The molecule has 0 fully saturated rings. The van der Waals surface area contributed by atoms with Gasteiger partial charge in [-0.05, 0) is 49.1 Å². The maximum absolute atomic E-state index is 12.8. The maximum atomic E-state index is 12.8. The van der Waals surface area contributed by atoms with Gasteiger partial charge < -0.3 is 14.5 Å². The van der Waals surface area contributed by atoms with Crippen LogP contribution in [0.25, 0.3) is 10.9 Å². The molecule has 0 saturated carbocycles. The third-order valence-electron chi connectivity index (χ3n) is 4.62. The van der Waals surface area contributed by atoms with Crippen LogP contribution in [0, 0.1) is 19.8 Å². The molecule has 3 aromatic rings. The van der Waals surface area contributed by atoms with Gasteiger partial charge in [-0.15, -0.1) is 0 Å². The summed E-state index contributed by atoms with van der Waals surface area (Å²) < 4.78 is 3.48. The second-order valence-electron chi connectivity index (χ2n) is 7.33. The summed E-state index contributed by atoms with van der Waals surface area (Å²) in [5, 5.41) is 3.54. The van der Waals surface area contributed by atoms with Crippen molar-refractivity contribution in [3.63, 3.8) is 0 Å². The first kappa shape index (κ1) is 18.0. The Morgan fingerprint density at radius 2 is 1.88 bits per heavy atom. The van der Waals surface area contributed by atoms with Gasteiger partial charge in [0, 0.05) is 25.5 Å². The Bertz CT molecular complexity index is 1040. The number of fused-ring (bicyclic) bond motifs is 1. The van der Waals surface area contributed by atoms with Gasteiger partial charge in [-0.2, -0.15) is 0 Å². The first-order valence-electron chi connectivity index (χ1n) is 8.85. The first-order valence-corrected chi connectivity index (χ1v) is 8.85. The number of hydrogen-bond donors (Lipinski definition) is 1. The van der Waals surface area contributed by atoms with E-state index in [1.807, 2.05) is 45.2 Å². The van der Waals surface area contributed by atoms with Gasteiger partial charge in [0.1, 0.15) is 5.69 Å². The minimum atomic E-state index is -0.216. The van der Waals surface area contributed by atoms with Gasteiger partial charge in [0.2, 0.25) is 0 Å². The molecule has 0 bridgehead atoms. The number of pyridine rings is 1. The Hall–Kier alpha value is -2.82. The fourth-order valence-electron chi connectivity index (χ4n) is 3.19. The lowest BCUT2D eigenvalue weighted by Gasteiger charge is -2.10. The van der Waals surface area contributed by atoms with Crippen LogP contribution >= 0.6 is 0 Å². The van der Waals surface area contributed by atoms with Crippen LogP contribution in [0.15, 0.2) is 41.3 Å². The molecule has 0 atom stereocenters. The van der Waals surface area contributed by atoms with Crippen LogP contribution < -0.4 is 10.9 Å². The molecule has 2 aromatic heterocycles. The standard InChI is InChI=1S/C21H25N3O2/c1-13(2)12-24-9-8-18-16(21(24)26)11-19(23(18)5)20(25)22-17-10-14(3)6-7-15(17)4/h6-11,13H,12H2,1-5H3,(H,22,25). The number of carbonyl (C=O) groups is 1. The molecule has 26 heavy (non-hydrogen) atoms. The third-order valence-corrected chi connectivity index (χ3v) is 4.62. The Morgan fingerprint density at radius 1 is 1.15 bits per heavy atom. The summed E-state index contributed by atoms with van der Waals surface area (Å²) in [6.45, 7) is 8.76. The van der Waals surface area contributed by atoms with Gasteiger partial charge in [0.25, 0.3) is 11.5 Å². The van der Waals surface area contributed by atoms with E-state index in [1.165, 1.54) is 0 Å². The fraction of sp³-hybridized carbons (Fsp3) is 0.333. The number of rotatable bonds is 4. The molecule has 0 spiro atoms. The highest BCUT2D eigenvalue weighted by atomic mass is 16.2. The molecule has 0 aliphatic rings. The number of amides is 1. The molecule has 3 rings (SSSR count). The van der Waals surface area contributed by atoms with Crippen LogP contribution in [0.3, 0.4) is 0 Å². The number of nitrogens with zero attached hydrogens (tertiary/aromatic N) is 2. The van der Waals surface area contributed by atoms with E-state index in [0.29, 0.717) is 23.5 Å². The lowest BCUT2D eigenvalue weighted by molar-refractivity contribution is 0.101. The molecule has 136 valence electrons. The summed E-state index contributed by atoms with van der Waals surface area (Å²) in [6, 6.07) is 9.53. The van der Waals surface area contributed by atoms with E-state index < -0.39 is 0 Å². The van der Waals surface area contributed by atoms with Crippen LogP contribution in [0.4, 0.5) is 5.69 Å². The molecule has 5 heteroatoms. The van der Waals surface area contributed by atoms with Crippen LogP contribution in [0.5, 0.6) is 0 Å². The zero-order valence-electron chi connectivity index (χ0n) is 16.0. The van der Waals surface area contributed by atoms with Crippen molar-refractivity contribution in [2.75, 3.05) is 5.32 Å². The minimum Gasteiger partial charge on any atom is -0.339 e. The normalized spacial score (nSPS) is 11.3. The zero-order valence-corrected chi connectivity index (χ0v) is 16.0. The monoisotopic (exact) mass is 351 g/mol. The van der Waals surface area contributed by atoms with Gasteiger partial charge >= 0.3 is 0 Å². The molecule has 0 saturated heterocycles. The Balaban J connectivity index is 2.01. The third kappa shape index (κ3) is 3.29. The van der Waals surface area contributed by atoms with Crippen molar-refractivity contribution in [2.45, 2.75) is 34.2 Å². The van der Waals surface area contributed by atoms with Crippen molar-refractivity contribution >= 4 is 22.5 Å². The van der Waals surface area contributed by atoms with Crippen LogP contribution in [0.2, 0.25) is 0 Å². The second kappa shape index (κ2) is 6.83. The minimum absolute atomic E-state index is 0.0578. The van der Waals surface area contributed by atoms with Crippen molar-refractivity contribution in [2.24, 2.45) is 13.0 Å². The van der Waals surface area contributed by atoms with Crippen molar-refractivity contribution in [1.29, 1.82) is 0 Å². The number of nitrogens with one attached hydrogen (secondary N) is 1. The summed E-state index contributed by atoms with van der Waals surface area (Å²) >= 11 is 0. The molecule has 1 aromatic carbocycles. The molecule has 5 nitrogen and oxygen atoms in total. The molecule has 0 aliphatic heterocycles. The second-order valence-corrected chi connectivity index (χ2v) is 7.33. The van der Waals surface area contributed by atoms with Gasteiger partial charge in [0.15, 0.2) is 0 Å². The van der Waals surface area contributed by atoms with E-state index in [1.54, 1.807) is 21.4 Å². The molecule has 0 aliphatic carbocycles. The zero-order chi connectivity index (χ0) is 19.0. The number of hydrogen-bond acceptors (Lipinski definition) is 2. The van der Waals surface area contributed by atoms with Crippen molar-refractivity contribution in [1.82, 2.24) is 9.13 Å². The number of aryl methyl sites for hydroxylation is 3. The predicted octanol–water partition coefficient (Wildman–Crippen LogP) is 3.87. The summed E-state index contributed by atoms with van der Waals surface area (Å²) in [5.41, 5.74) is 4.05. The molecule has 0 radical (unpaired) electrons. The predicted molar refractivity (Wildman–Crippen MR) is 106 cm³/mol. The number of aromatic nitrogens is 2. The lowest BCUT2D eigenvalue weighted by Crippen LogP contribution is -2.21. The topological polar surface area (TPSA) is 56.0 Å². The molecular weight excluding hydrogens is 326 g/mol. The van der Waals surface area contributed by atoms with Gasteiger partial charge in [-0.3, -0.25) is 9.59 Å². The largest absolute Gasteiger partial charge is 0.339 e. The summed E-state index contributed by atoms with van der Waals surface area (Å²) in [7, 11) is 1.81. The van der Waals surface area contributed by atoms with Gasteiger partial charge in [-0.25, -0.2) is 0 Å². The average Bonchev–Trinajstić information content (AvgIpc) is 2.91. The van der Waals surface area contributed by atoms with E-state index in [0.717, 1.165) is 22.3 Å². The van der Waals surface area contributed by atoms with E-state index in [4.69, 9.17) is 0 Å². The van der Waals surface area contributed by atoms with Crippen molar-refractivity contribution in [3.8, 4) is 0 Å². The van der Waals surface area contributed by atoms with E-state index in [-0.39, 0.29) is 11.5 Å². The Kier molecular flexibility index (Phi) is 4.72. The Labute approximate surface area is 153 Å². The van der Waals surface area contributed by atoms with E-state index in [9.17, 15) is 9.59 Å². The molecule has 2 heterocycles. The maximum Gasteiger partial charge on any atom is 0.272 e. The average molecular weight is 351 g/mol. The molecular formula is C21H25N3O2. The van der Waals surface area contributed by atoms with E-state index in [2.05, 4.69) is 19.2 Å². The van der Waals surface area contributed by atoms with Gasteiger partial charge in [0.05, 0.1) is 10.9 Å². The quantitative estimate of drug-likeness (QED) is 0.776. The van der Waals surface area contributed by atoms with Crippen LogP contribution in [-0.4, -0.2) is 15.0 Å². The highest BCUT2D eigenvalue weighted by Crippen LogP contribution is 2.20. The summed E-state index contributed by atoms with van der Waals surface area (Å²) in [5.74, 6) is 0.160. The lowest BCUT2D eigenvalue weighted by atomic mass is 10.1. The number of carbonyl (C=O) groups excluding carboxylic acids is 1. The first-order chi connectivity index (χ1) is 12.3. The fourth-order valence-corrected chi connectivity index (χ4v) is 3.19. The van der Waals surface area contributed by atoms with Crippen molar-refractivity contribution in [3.05, 3.63) is 63.7 Å². The number of benzene rings is 1. The summed E-state index contributed by atoms with van der Waals surface area (Å²) in [6.07, 6.45) is 1.80. The smallest absolute Gasteiger partial charge is 0.272 e. The number of anilines is 1. The molecule has 0 unspecified atom stereocenters. The highest BCUT2D eigenvalue weighted by Gasteiger charge is 2.17. The van der Waals surface area contributed by atoms with Crippen LogP contribution in [0.1, 0.15) is 35.5 Å². The van der Waals surface area contributed by atoms with E-state index >= 15 is 0 Å². The van der Waals surface area contributed by atoms with Crippen LogP contribution in [-0.2, 0) is 13.6 Å².